The number of amides is 1. The Labute approximate surface area is 191 Å². The summed E-state index contributed by atoms with van der Waals surface area (Å²) in [5.41, 5.74) is 2.76. The SMILES string of the molecule is O=C1c2cc(CN3CCN(CC(F)(F)F)CC3)c3ccccc3c2CN1C1CCCCC1O. The van der Waals surface area contributed by atoms with Gasteiger partial charge in [0.1, 0.15) is 0 Å². The molecule has 1 N–H and O–H groups in total. The summed E-state index contributed by atoms with van der Waals surface area (Å²) in [4.78, 5) is 18.9. The molecule has 0 aromatic heterocycles. The Hall–Kier alpha value is -2.16. The number of hydrogen-bond donors (Lipinski definition) is 1. The van der Waals surface area contributed by atoms with Crippen molar-refractivity contribution < 1.29 is 23.1 Å². The van der Waals surface area contributed by atoms with Crippen molar-refractivity contribution in [2.75, 3.05) is 32.7 Å². The smallest absolute Gasteiger partial charge is 0.391 e. The van der Waals surface area contributed by atoms with Crippen LogP contribution in [0.15, 0.2) is 30.3 Å². The summed E-state index contributed by atoms with van der Waals surface area (Å²) in [6.45, 7) is 2.16. The van der Waals surface area contributed by atoms with Gasteiger partial charge in [0, 0.05) is 44.8 Å². The minimum Gasteiger partial charge on any atom is -0.391 e. The molecule has 0 bridgehead atoms. The molecular weight excluding hydrogens is 431 g/mol. The van der Waals surface area contributed by atoms with E-state index in [1.165, 1.54) is 4.90 Å². The molecule has 0 spiro atoms. The van der Waals surface area contributed by atoms with Crippen molar-refractivity contribution >= 4 is 16.7 Å². The number of hydrogen-bond acceptors (Lipinski definition) is 4. The number of rotatable bonds is 4. The number of alkyl halides is 3. The van der Waals surface area contributed by atoms with E-state index >= 15 is 0 Å². The Balaban J connectivity index is 1.38. The molecule has 3 aliphatic rings. The lowest BCUT2D eigenvalue weighted by Gasteiger charge is -2.35. The number of carbonyl (C=O) groups excluding carboxylic acids is 1. The standard InChI is InChI=1S/C25H30F3N3O2/c26-25(27,28)16-30-11-9-29(10-12-30)14-17-13-20-21(19-6-2-1-5-18(17)19)15-31(24(20)33)22-7-3-4-8-23(22)32/h1-2,5-6,13,22-23,32H,3-4,7-12,14-16H2. The van der Waals surface area contributed by atoms with Crippen LogP contribution in [0.3, 0.4) is 0 Å². The quantitative estimate of drug-likeness (QED) is 0.753. The van der Waals surface area contributed by atoms with Crippen LogP contribution >= 0.6 is 0 Å². The van der Waals surface area contributed by atoms with Gasteiger partial charge in [0.25, 0.3) is 5.91 Å². The highest BCUT2D eigenvalue weighted by Gasteiger charge is 2.38. The first kappa shape index (κ1) is 22.6. The largest absolute Gasteiger partial charge is 0.401 e. The van der Waals surface area contributed by atoms with Crippen LogP contribution in [0.2, 0.25) is 0 Å². The lowest BCUT2D eigenvalue weighted by Crippen LogP contribution is -2.48. The van der Waals surface area contributed by atoms with Crippen molar-refractivity contribution in [1.29, 1.82) is 0 Å². The van der Waals surface area contributed by atoms with Crippen LogP contribution in [-0.2, 0) is 13.1 Å². The first-order chi connectivity index (χ1) is 15.8. The molecule has 2 heterocycles. The van der Waals surface area contributed by atoms with Crippen molar-refractivity contribution in [2.45, 2.75) is 57.1 Å². The Morgan fingerprint density at radius 3 is 2.33 bits per heavy atom. The van der Waals surface area contributed by atoms with Crippen molar-refractivity contribution in [1.82, 2.24) is 14.7 Å². The fourth-order valence-corrected chi connectivity index (χ4v) is 5.72. The Kier molecular flexibility index (Phi) is 6.09. The minimum atomic E-state index is -4.17. The van der Waals surface area contributed by atoms with Crippen LogP contribution in [0.1, 0.15) is 47.2 Å². The van der Waals surface area contributed by atoms with Crippen molar-refractivity contribution in [3.05, 3.63) is 47.0 Å². The molecule has 5 nitrogen and oxygen atoms in total. The molecule has 1 saturated heterocycles. The van der Waals surface area contributed by atoms with E-state index in [4.69, 9.17) is 0 Å². The Bertz CT molecular complexity index is 1030. The van der Waals surface area contributed by atoms with E-state index in [0.29, 0.717) is 44.8 Å². The number of aliphatic hydroxyl groups excluding tert-OH is 1. The van der Waals surface area contributed by atoms with Gasteiger partial charge >= 0.3 is 6.18 Å². The van der Waals surface area contributed by atoms with Crippen LogP contribution in [0.5, 0.6) is 0 Å². The highest BCUT2D eigenvalue weighted by atomic mass is 19.4. The molecule has 2 aromatic rings. The summed E-state index contributed by atoms with van der Waals surface area (Å²) in [5, 5.41) is 12.7. The molecule has 1 aliphatic carbocycles. The topological polar surface area (TPSA) is 47.0 Å². The van der Waals surface area contributed by atoms with Gasteiger partial charge in [-0.15, -0.1) is 0 Å². The summed E-state index contributed by atoms with van der Waals surface area (Å²) in [6.07, 6.45) is -1.07. The van der Waals surface area contributed by atoms with Gasteiger partial charge in [0.15, 0.2) is 0 Å². The summed E-state index contributed by atoms with van der Waals surface area (Å²) in [7, 11) is 0. The summed E-state index contributed by atoms with van der Waals surface area (Å²) in [6, 6.07) is 9.92. The zero-order valence-electron chi connectivity index (χ0n) is 18.7. The van der Waals surface area contributed by atoms with Crippen LogP contribution in [0.4, 0.5) is 13.2 Å². The molecule has 178 valence electrons. The van der Waals surface area contributed by atoms with Crippen LogP contribution in [0, 0.1) is 0 Å². The third-order valence-electron chi connectivity index (χ3n) is 7.42. The Morgan fingerprint density at radius 2 is 1.64 bits per heavy atom. The van der Waals surface area contributed by atoms with Crippen molar-refractivity contribution in [3.63, 3.8) is 0 Å². The third kappa shape index (κ3) is 4.61. The summed E-state index contributed by atoms with van der Waals surface area (Å²) < 4.78 is 38.1. The number of nitrogens with zero attached hydrogens (tertiary/aromatic N) is 3. The molecule has 2 fully saturated rings. The average Bonchev–Trinajstić information content (AvgIpc) is 3.11. The molecule has 8 heteroatoms. The number of halogens is 3. The predicted octanol–water partition coefficient (Wildman–Crippen LogP) is 3.78. The zero-order chi connectivity index (χ0) is 23.2. The predicted molar refractivity (Wildman–Crippen MR) is 120 cm³/mol. The molecule has 2 aromatic carbocycles. The van der Waals surface area contributed by atoms with Crippen LogP contribution in [-0.4, -0.2) is 76.8 Å². The van der Waals surface area contributed by atoms with E-state index in [1.807, 2.05) is 29.2 Å². The number of piperazine rings is 1. The van der Waals surface area contributed by atoms with E-state index in [2.05, 4.69) is 11.0 Å². The monoisotopic (exact) mass is 461 g/mol. The number of carbonyl (C=O) groups is 1. The van der Waals surface area contributed by atoms with E-state index in [0.717, 1.165) is 47.6 Å². The molecule has 1 amide bonds. The molecule has 2 aliphatic heterocycles. The molecule has 33 heavy (non-hydrogen) atoms. The normalized spacial score (nSPS) is 25.1. The van der Waals surface area contributed by atoms with Gasteiger partial charge in [-0.05, 0) is 40.8 Å². The lowest BCUT2D eigenvalue weighted by atomic mass is 9.91. The molecular formula is C25H30F3N3O2. The number of aliphatic hydroxyl groups is 1. The van der Waals surface area contributed by atoms with Gasteiger partial charge in [-0.2, -0.15) is 13.2 Å². The van der Waals surface area contributed by atoms with E-state index in [1.54, 1.807) is 0 Å². The van der Waals surface area contributed by atoms with Gasteiger partial charge in [-0.1, -0.05) is 37.1 Å². The fraction of sp³-hybridized carbons (Fsp3) is 0.560. The highest BCUT2D eigenvalue weighted by molar-refractivity contribution is 6.05. The van der Waals surface area contributed by atoms with Crippen molar-refractivity contribution in [3.8, 4) is 0 Å². The lowest BCUT2D eigenvalue weighted by molar-refractivity contribution is -0.149. The molecule has 2 unspecified atom stereocenters. The number of fused-ring (bicyclic) bond motifs is 3. The van der Waals surface area contributed by atoms with Crippen LogP contribution in [0.25, 0.3) is 10.8 Å². The van der Waals surface area contributed by atoms with Crippen molar-refractivity contribution in [2.24, 2.45) is 0 Å². The second-order valence-corrected chi connectivity index (χ2v) is 9.63. The molecule has 1 saturated carbocycles. The average molecular weight is 462 g/mol. The maximum absolute atomic E-state index is 13.4. The fourth-order valence-electron chi connectivity index (χ4n) is 5.72. The third-order valence-corrected chi connectivity index (χ3v) is 7.42. The first-order valence-electron chi connectivity index (χ1n) is 11.8. The van der Waals surface area contributed by atoms with Gasteiger partial charge < -0.3 is 10.0 Å². The second-order valence-electron chi connectivity index (χ2n) is 9.63. The first-order valence-corrected chi connectivity index (χ1v) is 11.8. The number of benzene rings is 2. The van der Waals surface area contributed by atoms with Gasteiger partial charge in [0.05, 0.1) is 18.7 Å². The molecule has 2 atom stereocenters. The van der Waals surface area contributed by atoms with Gasteiger partial charge in [-0.3, -0.25) is 14.6 Å². The maximum atomic E-state index is 13.4. The van der Waals surface area contributed by atoms with E-state index in [-0.39, 0.29) is 11.9 Å². The minimum absolute atomic E-state index is 0.0158. The zero-order valence-corrected chi connectivity index (χ0v) is 18.7. The van der Waals surface area contributed by atoms with E-state index in [9.17, 15) is 23.1 Å². The van der Waals surface area contributed by atoms with Gasteiger partial charge in [-0.25, -0.2) is 0 Å². The summed E-state index contributed by atoms with van der Waals surface area (Å²) in [5.74, 6) is -0.0158. The van der Waals surface area contributed by atoms with Crippen LogP contribution < -0.4 is 0 Å². The molecule has 5 rings (SSSR count). The second kappa shape index (κ2) is 8.89. The summed E-state index contributed by atoms with van der Waals surface area (Å²) >= 11 is 0. The molecule has 0 radical (unpaired) electrons. The van der Waals surface area contributed by atoms with Gasteiger partial charge in [0.2, 0.25) is 0 Å². The maximum Gasteiger partial charge on any atom is 0.401 e. The Morgan fingerprint density at radius 1 is 0.970 bits per heavy atom. The highest BCUT2D eigenvalue weighted by Crippen LogP contribution is 2.37. The van der Waals surface area contributed by atoms with E-state index < -0.39 is 18.8 Å².